The Morgan fingerprint density at radius 1 is 0.941 bits per heavy atom. The van der Waals surface area contributed by atoms with Crippen LogP contribution < -0.4 is 5.73 Å². The van der Waals surface area contributed by atoms with E-state index in [1.54, 1.807) is 6.07 Å². The summed E-state index contributed by atoms with van der Waals surface area (Å²) in [4.78, 5) is 0. The number of halogens is 6. The second kappa shape index (κ2) is 11.7. The zero-order valence-corrected chi connectivity index (χ0v) is 21.6. The third-order valence-corrected chi connectivity index (χ3v) is 7.27. The Balaban J connectivity index is 0.00000408. The smallest absolute Gasteiger partial charge is 0.385 e. The Kier molecular flexibility index (Phi) is 9.95. The average Bonchev–Trinajstić information content (AvgIpc) is 2.76. The minimum Gasteiger partial charge on any atom is -0.385 e. The molecule has 3 aromatic carbocycles. The summed E-state index contributed by atoms with van der Waals surface area (Å²) >= 11 is 12.4. The van der Waals surface area contributed by atoms with Crippen LogP contribution in [0, 0.1) is 5.92 Å². The zero-order valence-electron chi connectivity index (χ0n) is 19.3. The van der Waals surface area contributed by atoms with Crippen molar-refractivity contribution in [2.75, 3.05) is 6.54 Å². The molecule has 0 aliphatic heterocycles. The van der Waals surface area contributed by atoms with Gasteiger partial charge in [0.15, 0.2) is 0 Å². The summed E-state index contributed by atoms with van der Waals surface area (Å²) in [6, 6.07) is 10.3. The number of fused-ring (bicyclic) bond motifs is 3. The fourth-order valence-corrected chi connectivity index (χ4v) is 5.52. The van der Waals surface area contributed by atoms with Crippen LogP contribution in [0.15, 0.2) is 36.4 Å². The van der Waals surface area contributed by atoms with Gasteiger partial charge in [0.25, 0.3) is 0 Å². The maximum absolute atomic E-state index is 13.7. The van der Waals surface area contributed by atoms with Gasteiger partial charge in [0, 0.05) is 11.3 Å². The number of nitrogens with two attached hydrogens (primary N) is 1. The Morgan fingerprint density at radius 2 is 1.56 bits per heavy atom. The largest absolute Gasteiger partial charge is 0.419 e. The lowest BCUT2D eigenvalue weighted by Gasteiger charge is -2.38. The van der Waals surface area contributed by atoms with Crippen LogP contribution in [0.1, 0.15) is 63.5 Å². The van der Waals surface area contributed by atoms with Crippen molar-refractivity contribution in [3.63, 3.8) is 0 Å². The lowest BCUT2D eigenvalue weighted by atomic mass is 9.73. The normalized spacial score (nSPS) is 14.7. The van der Waals surface area contributed by atoms with E-state index < -0.39 is 27.4 Å². The van der Waals surface area contributed by atoms with E-state index in [2.05, 4.69) is 6.92 Å². The Morgan fingerprint density at radius 3 is 2.12 bits per heavy atom. The summed E-state index contributed by atoms with van der Waals surface area (Å²) in [5, 5.41) is 13.5. The molecule has 0 aliphatic rings. The highest BCUT2D eigenvalue weighted by molar-refractivity contribution is 6.41. The molecule has 0 saturated heterocycles. The van der Waals surface area contributed by atoms with E-state index in [1.807, 2.05) is 31.2 Å². The molecule has 0 heterocycles. The van der Waals surface area contributed by atoms with Gasteiger partial charge in [-0.15, -0.1) is 12.4 Å². The van der Waals surface area contributed by atoms with Gasteiger partial charge in [-0.25, -0.2) is 0 Å². The van der Waals surface area contributed by atoms with Crippen LogP contribution >= 0.6 is 35.6 Å². The molecule has 2 nitrogen and oxygen atoms in total. The molecule has 2 atom stereocenters. The van der Waals surface area contributed by atoms with E-state index >= 15 is 0 Å². The van der Waals surface area contributed by atoms with Crippen molar-refractivity contribution in [3.8, 4) is 0 Å². The van der Waals surface area contributed by atoms with E-state index in [1.165, 1.54) is 6.07 Å². The second-order valence-corrected chi connectivity index (χ2v) is 9.50. The first-order valence-electron chi connectivity index (χ1n) is 11.4. The maximum atomic E-state index is 13.7. The molecule has 3 aromatic rings. The highest BCUT2D eigenvalue weighted by atomic mass is 35.5. The van der Waals surface area contributed by atoms with E-state index in [0.717, 1.165) is 37.5 Å². The predicted molar refractivity (Wildman–Crippen MR) is 139 cm³/mol. The molecule has 188 valence electrons. The van der Waals surface area contributed by atoms with Gasteiger partial charge in [-0.1, -0.05) is 87.0 Å². The minimum absolute atomic E-state index is 0. The van der Waals surface area contributed by atoms with Gasteiger partial charge in [0.1, 0.15) is 0 Å². The topological polar surface area (TPSA) is 46.2 Å². The Labute approximate surface area is 215 Å². The van der Waals surface area contributed by atoms with Crippen molar-refractivity contribution in [1.29, 1.82) is 0 Å². The zero-order chi connectivity index (χ0) is 24.4. The maximum Gasteiger partial charge on any atom is 0.419 e. The van der Waals surface area contributed by atoms with Gasteiger partial charge >= 0.3 is 6.18 Å². The summed E-state index contributed by atoms with van der Waals surface area (Å²) in [5.74, 6) is -0.238. The van der Waals surface area contributed by atoms with Gasteiger partial charge in [-0.2, -0.15) is 13.2 Å². The quantitative estimate of drug-likeness (QED) is 0.268. The summed E-state index contributed by atoms with van der Waals surface area (Å²) in [7, 11) is 0. The number of benzene rings is 3. The number of alkyl halides is 3. The van der Waals surface area contributed by atoms with Crippen LogP contribution in [0.3, 0.4) is 0 Å². The summed E-state index contributed by atoms with van der Waals surface area (Å²) in [6.45, 7) is 4.39. The summed E-state index contributed by atoms with van der Waals surface area (Å²) < 4.78 is 41.2. The van der Waals surface area contributed by atoms with Gasteiger partial charge in [0.05, 0.1) is 21.2 Å². The Bertz CT molecular complexity index is 1140. The first-order chi connectivity index (χ1) is 15.6. The van der Waals surface area contributed by atoms with E-state index in [-0.39, 0.29) is 30.3 Å². The fourth-order valence-electron chi connectivity index (χ4n) is 4.80. The Hall–Kier alpha value is -1.24. The molecule has 0 saturated carbocycles. The molecule has 3 rings (SSSR count). The van der Waals surface area contributed by atoms with Crippen molar-refractivity contribution in [1.82, 2.24) is 0 Å². The lowest BCUT2D eigenvalue weighted by Crippen LogP contribution is -2.40. The number of rotatable bonds is 9. The fraction of sp³-hybridized carbons (Fsp3) is 0.462. The van der Waals surface area contributed by atoms with E-state index in [0.29, 0.717) is 22.8 Å². The first kappa shape index (κ1) is 29.0. The predicted octanol–water partition coefficient (Wildman–Crippen LogP) is 8.88. The van der Waals surface area contributed by atoms with Crippen LogP contribution in [-0.4, -0.2) is 11.7 Å². The van der Waals surface area contributed by atoms with Crippen molar-refractivity contribution >= 4 is 57.2 Å². The number of hydrogen-bond acceptors (Lipinski definition) is 2. The number of hydrogen-bond donors (Lipinski definition) is 2. The van der Waals surface area contributed by atoms with Crippen molar-refractivity contribution < 1.29 is 18.3 Å². The van der Waals surface area contributed by atoms with Gasteiger partial charge in [-0.3, -0.25) is 0 Å². The second-order valence-electron chi connectivity index (χ2n) is 8.71. The summed E-state index contributed by atoms with van der Waals surface area (Å²) in [6.07, 6.45) is -0.0349. The third kappa shape index (κ3) is 5.44. The van der Waals surface area contributed by atoms with Crippen LogP contribution in [0.4, 0.5) is 13.2 Å². The van der Waals surface area contributed by atoms with Gasteiger partial charge in [-0.05, 0) is 53.2 Å². The van der Waals surface area contributed by atoms with Crippen molar-refractivity contribution in [2.45, 2.75) is 64.1 Å². The molecule has 0 bridgehead atoms. The highest BCUT2D eigenvalue weighted by Gasteiger charge is 2.40. The molecule has 0 aromatic heterocycles. The minimum atomic E-state index is -4.70. The number of unbranched alkanes of at least 4 members (excludes halogenated alkanes) is 2. The van der Waals surface area contributed by atoms with Gasteiger partial charge < -0.3 is 10.8 Å². The first-order valence-corrected chi connectivity index (χ1v) is 12.2. The molecule has 0 aliphatic carbocycles. The molecule has 2 unspecified atom stereocenters. The van der Waals surface area contributed by atoms with E-state index in [9.17, 15) is 18.3 Å². The molecule has 0 radical (unpaired) electrons. The van der Waals surface area contributed by atoms with Crippen molar-refractivity contribution in [3.05, 3.63) is 57.6 Å². The van der Waals surface area contributed by atoms with Gasteiger partial charge in [0.2, 0.25) is 0 Å². The molecule has 0 fully saturated rings. The van der Waals surface area contributed by atoms with Crippen LogP contribution in [0.2, 0.25) is 10.0 Å². The molecular formula is C26H31Cl3F3NO. The van der Waals surface area contributed by atoms with Crippen molar-refractivity contribution in [2.24, 2.45) is 11.7 Å². The summed E-state index contributed by atoms with van der Waals surface area (Å²) in [5.41, 5.74) is 4.36. The molecule has 3 N–H and O–H groups in total. The third-order valence-electron chi connectivity index (χ3n) is 6.58. The van der Waals surface area contributed by atoms with Crippen LogP contribution in [-0.2, 0) is 11.8 Å². The van der Waals surface area contributed by atoms with E-state index in [4.69, 9.17) is 28.9 Å². The molecular weight excluding hydrogens is 506 g/mol. The molecule has 0 amide bonds. The standard InChI is InChI=1S/C26H30Cl2F3NO.ClH/c1-3-5-9-16(15-32)25(33,12-6-4-2)21-13-20-19(17-10-7-8-11-18(17)21)14-22(27)23(24(20)28)26(29,30)31;/h7-8,10-11,13-14,16,33H,3-6,9,12,15,32H2,1-2H3;1H. The molecule has 8 heteroatoms. The van der Waals surface area contributed by atoms with Crippen LogP contribution in [0.25, 0.3) is 21.5 Å². The molecule has 0 spiro atoms. The molecule has 34 heavy (non-hydrogen) atoms. The highest BCUT2D eigenvalue weighted by Crippen LogP contribution is 2.48. The SMILES string of the molecule is CCCCC(CN)C(O)(CCCC)c1cc2c(Cl)c(C(F)(F)F)c(Cl)cc2c2ccccc12.Cl. The average molecular weight is 537 g/mol. The monoisotopic (exact) mass is 535 g/mol. The lowest BCUT2D eigenvalue weighted by molar-refractivity contribution is -0.137. The number of aliphatic hydroxyl groups is 1. The van der Waals surface area contributed by atoms with Crippen LogP contribution in [0.5, 0.6) is 0 Å².